The molecule has 106 valence electrons. The van der Waals surface area contributed by atoms with Gasteiger partial charge in [0.15, 0.2) is 0 Å². The molecule has 0 aliphatic heterocycles. The van der Waals surface area contributed by atoms with Gasteiger partial charge in [0, 0.05) is 12.2 Å². The van der Waals surface area contributed by atoms with Gasteiger partial charge < -0.3 is 10.1 Å². The van der Waals surface area contributed by atoms with E-state index < -0.39 is 0 Å². The molecule has 0 aromatic heterocycles. The molecule has 2 aromatic carbocycles. The van der Waals surface area contributed by atoms with E-state index in [9.17, 15) is 0 Å². The number of anilines is 1. The maximum Gasteiger partial charge on any atom is 0.133 e. The fraction of sp³-hybridized carbons (Fsp3) is 0.294. The van der Waals surface area contributed by atoms with Crippen molar-refractivity contribution in [3.63, 3.8) is 0 Å². The maximum atomic E-state index is 5.24. The number of ether oxygens (including phenoxy) is 1. The van der Waals surface area contributed by atoms with Crippen LogP contribution in [0, 0.1) is 20.8 Å². The number of methoxy groups -OCH3 is 1. The third kappa shape index (κ3) is 3.34. The molecule has 3 heteroatoms. The zero-order chi connectivity index (χ0) is 14.7. The van der Waals surface area contributed by atoms with Gasteiger partial charge in [0.1, 0.15) is 5.75 Å². The van der Waals surface area contributed by atoms with E-state index in [1.807, 2.05) is 18.2 Å². The van der Waals surface area contributed by atoms with E-state index in [1.165, 1.54) is 22.3 Å². The van der Waals surface area contributed by atoms with Crippen LogP contribution in [0.5, 0.6) is 5.75 Å². The summed E-state index contributed by atoms with van der Waals surface area (Å²) in [5.41, 5.74) is 6.43. The topological polar surface area (TPSA) is 21.3 Å². The van der Waals surface area contributed by atoms with Crippen molar-refractivity contribution < 1.29 is 4.74 Å². The average Bonchev–Trinajstić information content (AvgIpc) is 2.37. The molecule has 2 rings (SSSR count). The van der Waals surface area contributed by atoms with Gasteiger partial charge in [0.2, 0.25) is 0 Å². The normalized spacial score (nSPS) is 10.4. The van der Waals surface area contributed by atoms with E-state index in [-0.39, 0.29) is 0 Å². The molecule has 0 fully saturated rings. The number of aryl methyl sites for hydroxylation is 3. The van der Waals surface area contributed by atoms with E-state index in [0.717, 1.165) is 22.5 Å². The second-order valence-electron chi connectivity index (χ2n) is 5.08. The minimum Gasteiger partial charge on any atom is -0.496 e. The van der Waals surface area contributed by atoms with Crippen LogP contribution in [-0.2, 0) is 6.54 Å². The standard InChI is InChI=1S/C17H20BrNO/c1-11-7-12(2)15(13(3)8-11)10-19-14-5-6-17(20-4)16(18)9-14/h5-9,19H,10H2,1-4H3. The molecule has 0 aliphatic rings. The minimum absolute atomic E-state index is 0.830. The van der Waals surface area contributed by atoms with Gasteiger partial charge in [-0.3, -0.25) is 0 Å². The first-order valence-corrected chi connectivity index (χ1v) is 7.44. The lowest BCUT2D eigenvalue weighted by Crippen LogP contribution is -2.04. The number of nitrogens with one attached hydrogen (secondary N) is 1. The Kier molecular flexibility index (Phi) is 4.71. The monoisotopic (exact) mass is 333 g/mol. The fourth-order valence-electron chi connectivity index (χ4n) is 2.46. The summed E-state index contributed by atoms with van der Waals surface area (Å²) in [5, 5.41) is 3.47. The third-order valence-electron chi connectivity index (χ3n) is 3.46. The van der Waals surface area contributed by atoms with Crippen molar-refractivity contribution in [2.45, 2.75) is 27.3 Å². The summed E-state index contributed by atoms with van der Waals surface area (Å²) in [5.74, 6) is 0.846. The second-order valence-corrected chi connectivity index (χ2v) is 5.93. The first-order valence-electron chi connectivity index (χ1n) is 6.65. The Bertz CT molecular complexity index is 599. The maximum absolute atomic E-state index is 5.24. The van der Waals surface area contributed by atoms with E-state index in [1.54, 1.807) is 7.11 Å². The predicted molar refractivity (Wildman–Crippen MR) is 88.7 cm³/mol. The highest BCUT2D eigenvalue weighted by Crippen LogP contribution is 2.28. The van der Waals surface area contributed by atoms with E-state index in [2.05, 4.69) is 54.2 Å². The Morgan fingerprint density at radius 2 is 1.70 bits per heavy atom. The van der Waals surface area contributed by atoms with Gasteiger partial charge in [0.25, 0.3) is 0 Å². The summed E-state index contributed by atoms with van der Waals surface area (Å²) in [7, 11) is 1.67. The van der Waals surface area contributed by atoms with Crippen molar-refractivity contribution >= 4 is 21.6 Å². The molecular weight excluding hydrogens is 314 g/mol. The highest BCUT2D eigenvalue weighted by atomic mass is 79.9. The van der Waals surface area contributed by atoms with Crippen LogP contribution in [0.25, 0.3) is 0 Å². The highest BCUT2D eigenvalue weighted by Gasteiger charge is 2.05. The Morgan fingerprint density at radius 1 is 1.05 bits per heavy atom. The number of halogens is 1. The Labute approximate surface area is 129 Å². The molecule has 0 heterocycles. The predicted octanol–water partition coefficient (Wildman–Crippen LogP) is 5.00. The summed E-state index contributed by atoms with van der Waals surface area (Å²) < 4.78 is 6.20. The van der Waals surface area contributed by atoms with Crippen molar-refractivity contribution in [3.05, 3.63) is 57.1 Å². The van der Waals surface area contributed by atoms with Crippen molar-refractivity contribution in [3.8, 4) is 5.75 Å². The first-order chi connectivity index (χ1) is 9.51. The largest absolute Gasteiger partial charge is 0.496 e. The van der Waals surface area contributed by atoms with Crippen molar-refractivity contribution in [1.82, 2.24) is 0 Å². The van der Waals surface area contributed by atoms with E-state index >= 15 is 0 Å². The van der Waals surface area contributed by atoms with E-state index in [0.29, 0.717) is 0 Å². The van der Waals surface area contributed by atoms with Gasteiger partial charge >= 0.3 is 0 Å². The van der Waals surface area contributed by atoms with E-state index in [4.69, 9.17) is 4.74 Å². The van der Waals surface area contributed by atoms with Gasteiger partial charge in [-0.2, -0.15) is 0 Å². The summed E-state index contributed by atoms with van der Waals surface area (Å²) in [6.45, 7) is 7.30. The molecule has 0 atom stereocenters. The zero-order valence-electron chi connectivity index (χ0n) is 12.4. The van der Waals surface area contributed by atoms with Crippen molar-refractivity contribution in [2.75, 3.05) is 12.4 Å². The Morgan fingerprint density at radius 3 is 2.25 bits per heavy atom. The number of hydrogen-bond acceptors (Lipinski definition) is 2. The van der Waals surface area contributed by atoms with Crippen LogP contribution in [0.4, 0.5) is 5.69 Å². The van der Waals surface area contributed by atoms with Gasteiger partial charge in [-0.15, -0.1) is 0 Å². The molecule has 1 N–H and O–H groups in total. The van der Waals surface area contributed by atoms with Crippen LogP contribution in [0.2, 0.25) is 0 Å². The van der Waals surface area contributed by atoms with Crippen LogP contribution >= 0.6 is 15.9 Å². The lowest BCUT2D eigenvalue weighted by molar-refractivity contribution is 0.412. The minimum atomic E-state index is 0.830. The van der Waals surface area contributed by atoms with Crippen LogP contribution in [-0.4, -0.2) is 7.11 Å². The molecule has 0 saturated carbocycles. The van der Waals surface area contributed by atoms with Crippen molar-refractivity contribution in [2.24, 2.45) is 0 Å². The molecule has 2 nitrogen and oxygen atoms in total. The molecule has 2 aromatic rings. The van der Waals surface area contributed by atoms with Crippen LogP contribution < -0.4 is 10.1 Å². The Balaban J connectivity index is 2.15. The molecule has 0 saturated heterocycles. The van der Waals surface area contributed by atoms with Gasteiger partial charge in [-0.1, -0.05) is 17.7 Å². The molecule has 0 aliphatic carbocycles. The second kappa shape index (κ2) is 6.31. The molecule has 0 unspecified atom stereocenters. The Hall–Kier alpha value is -1.48. The lowest BCUT2D eigenvalue weighted by Gasteiger charge is -2.14. The molecule has 20 heavy (non-hydrogen) atoms. The molecular formula is C17H20BrNO. The molecule has 0 amide bonds. The number of hydrogen-bond donors (Lipinski definition) is 1. The molecule has 0 radical (unpaired) electrons. The van der Waals surface area contributed by atoms with Gasteiger partial charge in [-0.05, 0) is 71.6 Å². The highest BCUT2D eigenvalue weighted by molar-refractivity contribution is 9.10. The number of benzene rings is 2. The summed E-state index contributed by atoms with van der Waals surface area (Å²) in [6.07, 6.45) is 0. The van der Waals surface area contributed by atoms with Gasteiger partial charge in [-0.25, -0.2) is 0 Å². The van der Waals surface area contributed by atoms with Crippen LogP contribution in [0.3, 0.4) is 0 Å². The lowest BCUT2D eigenvalue weighted by atomic mass is 10.00. The summed E-state index contributed by atoms with van der Waals surface area (Å²) in [4.78, 5) is 0. The average molecular weight is 334 g/mol. The van der Waals surface area contributed by atoms with Gasteiger partial charge in [0.05, 0.1) is 11.6 Å². The first kappa shape index (κ1) is 14.9. The SMILES string of the molecule is COc1ccc(NCc2c(C)cc(C)cc2C)cc1Br. The quantitative estimate of drug-likeness (QED) is 0.850. The summed E-state index contributed by atoms with van der Waals surface area (Å²) in [6, 6.07) is 10.5. The number of rotatable bonds is 4. The van der Waals surface area contributed by atoms with Crippen LogP contribution in [0.15, 0.2) is 34.8 Å². The van der Waals surface area contributed by atoms with Crippen LogP contribution in [0.1, 0.15) is 22.3 Å². The van der Waals surface area contributed by atoms with Crippen molar-refractivity contribution in [1.29, 1.82) is 0 Å². The fourth-order valence-corrected chi connectivity index (χ4v) is 3.00. The third-order valence-corrected chi connectivity index (χ3v) is 4.08. The zero-order valence-corrected chi connectivity index (χ0v) is 14.0. The summed E-state index contributed by atoms with van der Waals surface area (Å²) >= 11 is 3.51. The smallest absolute Gasteiger partial charge is 0.133 e. The molecule has 0 spiro atoms. The molecule has 0 bridgehead atoms.